The van der Waals surface area contributed by atoms with Crippen molar-refractivity contribution < 1.29 is 22.4 Å². The van der Waals surface area contributed by atoms with Gasteiger partial charge in [0.2, 0.25) is 5.91 Å². The second-order valence-corrected chi connectivity index (χ2v) is 4.93. The van der Waals surface area contributed by atoms with Crippen molar-refractivity contribution in [2.45, 2.75) is 39.0 Å². The zero-order chi connectivity index (χ0) is 16.2. The van der Waals surface area contributed by atoms with Crippen LogP contribution in [0.15, 0.2) is 18.2 Å². The summed E-state index contributed by atoms with van der Waals surface area (Å²) in [4.78, 5) is 11.8. The number of rotatable bonds is 5. The van der Waals surface area contributed by atoms with Crippen LogP contribution in [0.3, 0.4) is 0 Å². The summed E-state index contributed by atoms with van der Waals surface area (Å²) >= 11 is 0. The van der Waals surface area contributed by atoms with Gasteiger partial charge in [-0.25, -0.2) is 4.39 Å². The Labute approximate surface area is 120 Å². The van der Waals surface area contributed by atoms with E-state index in [2.05, 4.69) is 5.32 Å². The molecule has 0 radical (unpaired) electrons. The fraction of sp³-hybridized carbons (Fsp3) is 0.500. The SMILES string of the molecule is CCC(C)C(N)C(=O)NCc1ccc(F)cc1C(F)(F)F. The monoisotopic (exact) mass is 306 g/mol. The second kappa shape index (κ2) is 6.89. The van der Waals surface area contributed by atoms with E-state index >= 15 is 0 Å². The van der Waals surface area contributed by atoms with Crippen LogP contribution < -0.4 is 11.1 Å². The van der Waals surface area contributed by atoms with E-state index in [-0.39, 0.29) is 18.0 Å². The molecule has 1 amide bonds. The van der Waals surface area contributed by atoms with Gasteiger partial charge in [-0.05, 0) is 23.6 Å². The van der Waals surface area contributed by atoms with Crippen molar-refractivity contribution in [2.75, 3.05) is 0 Å². The van der Waals surface area contributed by atoms with Gasteiger partial charge in [-0.3, -0.25) is 4.79 Å². The van der Waals surface area contributed by atoms with E-state index in [1.807, 2.05) is 6.92 Å². The van der Waals surface area contributed by atoms with Crippen molar-refractivity contribution in [3.8, 4) is 0 Å². The summed E-state index contributed by atoms with van der Waals surface area (Å²) in [6.45, 7) is 3.29. The summed E-state index contributed by atoms with van der Waals surface area (Å²) in [5, 5.41) is 2.36. The van der Waals surface area contributed by atoms with E-state index in [1.54, 1.807) is 6.92 Å². The minimum atomic E-state index is -4.68. The van der Waals surface area contributed by atoms with Gasteiger partial charge in [0.25, 0.3) is 0 Å². The third-order valence-electron chi connectivity index (χ3n) is 3.39. The van der Waals surface area contributed by atoms with Crippen molar-refractivity contribution in [2.24, 2.45) is 11.7 Å². The Morgan fingerprint density at radius 1 is 1.38 bits per heavy atom. The van der Waals surface area contributed by atoms with Crippen molar-refractivity contribution in [1.82, 2.24) is 5.32 Å². The molecule has 0 aromatic heterocycles. The summed E-state index contributed by atoms with van der Waals surface area (Å²) in [6, 6.07) is 1.55. The lowest BCUT2D eigenvalue weighted by molar-refractivity contribution is -0.138. The molecule has 0 fully saturated rings. The highest BCUT2D eigenvalue weighted by atomic mass is 19.4. The van der Waals surface area contributed by atoms with Gasteiger partial charge in [-0.1, -0.05) is 26.3 Å². The molecular formula is C14H18F4N2O. The molecule has 0 aliphatic carbocycles. The van der Waals surface area contributed by atoms with Crippen molar-refractivity contribution in [1.29, 1.82) is 0 Å². The van der Waals surface area contributed by atoms with E-state index in [0.29, 0.717) is 12.5 Å². The average Bonchev–Trinajstić information content (AvgIpc) is 2.42. The number of carbonyl (C=O) groups excluding carboxylic acids is 1. The average molecular weight is 306 g/mol. The summed E-state index contributed by atoms with van der Waals surface area (Å²) in [6.07, 6.45) is -4.00. The van der Waals surface area contributed by atoms with E-state index in [4.69, 9.17) is 5.73 Å². The van der Waals surface area contributed by atoms with Crippen molar-refractivity contribution >= 4 is 5.91 Å². The molecule has 0 heterocycles. The lowest BCUT2D eigenvalue weighted by Crippen LogP contribution is -2.44. The van der Waals surface area contributed by atoms with Crippen LogP contribution in [0.25, 0.3) is 0 Å². The summed E-state index contributed by atoms with van der Waals surface area (Å²) in [7, 11) is 0. The standard InChI is InChI=1S/C14H18F4N2O/c1-3-8(2)12(19)13(21)20-7-9-4-5-10(15)6-11(9)14(16,17)18/h4-6,8,12H,3,7,19H2,1-2H3,(H,20,21). The molecule has 1 aromatic rings. The maximum atomic E-state index is 12.9. The lowest BCUT2D eigenvalue weighted by atomic mass is 9.99. The van der Waals surface area contributed by atoms with Crippen molar-refractivity contribution in [3.63, 3.8) is 0 Å². The van der Waals surface area contributed by atoms with Gasteiger partial charge in [0.1, 0.15) is 5.82 Å². The molecule has 1 rings (SSSR count). The zero-order valence-corrected chi connectivity index (χ0v) is 11.8. The largest absolute Gasteiger partial charge is 0.416 e. The number of amides is 1. The molecule has 21 heavy (non-hydrogen) atoms. The smallest absolute Gasteiger partial charge is 0.351 e. The Morgan fingerprint density at radius 2 is 2.00 bits per heavy atom. The minimum absolute atomic E-state index is 0.0831. The molecule has 3 nitrogen and oxygen atoms in total. The quantitative estimate of drug-likeness (QED) is 0.822. The molecule has 1 aromatic carbocycles. The first-order chi connectivity index (χ1) is 9.66. The normalized spacial score (nSPS) is 14.6. The van der Waals surface area contributed by atoms with Gasteiger partial charge in [-0.15, -0.1) is 0 Å². The molecular weight excluding hydrogens is 288 g/mol. The second-order valence-electron chi connectivity index (χ2n) is 4.93. The Kier molecular flexibility index (Phi) is 5.71. The number of halogens is 4. The van der Waals surface area contributed by atoms with Crippen LogP contribution in [0.4, 0.5) is 17.6 Å². The van der Waals surface area contributed by atoms with Gasteiger partial charge in [0.05, 0.1) is 11.6 Å². The van der Waals surface area contributed by atoms with Gasteiger partial charge >= 0.3 is 6.18 Å². The minimum Gasteiger partial charge on any atom is -0.351 e. The highest BCUT2D eigenvalue weighted by molar-refractivity contribution is 5.81. The number of nitrogens with one attached hydrogen (secondary N) is 1. The zero-order valence-electron chi connectivity index (χ0n) is 11.8. The first-order valence-electron chi connectivity index (χ1n) is 6.55. The van der Waals surface area contributed by atoms with Crippen LogP contribution in [0.5, 0.6) is 0 Å². The number of hydrogen-bond acceptors (Lipinski definition) is 2. The van der Waals surface area contributed by atoms with E-state index in [9.17, 15) is 22.4 Å². The molecule has 0 saturated carbocycles. The van der Waals surface area contributed by atoms with Crippen LogP contribution in [0.1, 0.15) is 31.4 Å². The van der Waals surface area contributed by atoms with Crippen LogP contribution in [-0.4, -0.2) is 11.9 Å². The van der Waals surface area contributed by atoms with Gasteiger partial charge in [0.15, 0.2) is 0 Å². The Morgan fingerprint density at radius 3 is 2.52 bits per heavy atom. The molecule has 0 aliphatic rings. The summed E-state index contributed by atoms with van der Waals surface area (Å²) in [5.74, 6) is -1.59. The Bertz CT molecular complexity index is 502. The molecule has 0 aliphatic heterocycles. The Balaban J connectivity index is 2.83. The predicted octanol–water partition coefficient (Wildman–Crippen LogP) is 2.83. The third-order valence-corrected chi connectivity index (χ3v) is 3.39. The highest BCUT2D eigenvalue weighted by Crippen LogP contribution is 2.32. The summed E-state index contributed by atoms with van der Waals surface area (Å²) < 4.78 is 51.3. The Hall–Kier alpha value is -1.63. The van der Waals surface area contributed by atoms with E-state index < -0.39 is 29.5 Å². The lowest BCUT2D eigenvalue weighted by Gasteiger charge is -2.19. The maximum Gasteiger partial charge on any atom is 0.416 e. The highest BCUT2D eigenvalue weighted by Gasteiger charge is 2.33. The molecule has 2 atom stereocenters. The number of nitrogens with two attached hydrogens (primary N) is 1. The van der Waals surface area contributed by atoms with Gasteiger partial charge in [0, 0.05) is 6.54 Å². The fourth-order valence-electron chi connectivity index (χ4n) is 1.78. The van der Waals surface area contributed by atoms with Crippen LogP contribution >= 0.6 is 0 Å². The number of benzene rings is 1. The molecule has 0 bridgehead atoms. The van der Waals surface area contributed by atoms with Crippen LogP contribution in [0, 0.1) is 11.7 Å². The molecule has 118 valence electrons. The fourth-order valence-corrected chi connectivity index (χ4v) is 1.78. The van der Waals surface area contributed by atoms with Crippen molar-refractivity contribution in [3.05, 3.63) is 35.1 Å². The van der Waals surface area contributed by atoms with Gasteiger partial charge in [-0.2, -0.15) is 13.2 Å². The van der Waals surface area contributed by atoms with Crippen LogP contribution in [-0.2, 0) is 17.5 Å². The first kappa shape index (κ1) is 17.4. The van der Waals surface area contributed by atoms with Crippen LogP contribution in [0.2, 0.25) is 0 Å². The van der Waals surface area contributed by atoms with E-state index in [0.717, 1.165) is 12.1 Å². The molecule has 3 N–H and O–H groups in total. The molecule has 2 unspecified atom stereocenters. The topological polar surface area (TPSA) is 55.1 Å². The predicted molar refractivity (Wildman–Crippen MR) is 70.7 cm³/mol. The molecule has 0 saturated heterocycles. The third kappa shape index (κ3) is 4.70. The first-order valence-corrected chi connectivity index (χ1v) is 6.55. The number of hydrogen-bond donors (Lipinski definition) is 2. The number of alkyl halides is 3. The maximum absolute atomic E-state index is 12.9. The number of carbonyl (C=O) groups is 1. The van der Waals surface area contributed by atoms with E-state index in [1.165, 1.54) is 0 Å². The molecule has 7 heteroatoms. The van der Waals surface area contributed by atoms with Gasteiger partial charge < -0.3 is 11.1 Å². The summed E-state index contributed by atoms with van der Waals surface area (Å²) in [5.41, 5.74) is 4.39. The molecule has 0 spiro atoms.